The van der Waals surface area contributed by atoms with Crippen LogP contribution in [-0.2, 0) is 9.53 Å². The second-order valence-corrected chi connectivity index (χ2v) is 8.84. The molecule has 1 aliphatic heterocycles. The van der Waals surface area contributed by atoms with E-state index in [1.807, 2.05) is 24.3 Å². The molecule has 1 saturated heterocycles. The fraction of sp³-hybridized carbons (Fsp3) is 0.524. The number of carbonyl (C=O) groups is 2. The zero-order valence-corrected chi connectivity index (χ0v) is 17.6. The summed E-state index contributed by atoms with van der Waals surface area (Å²) in [5, 5.41) is 21.3. The number of anilines is 2. The van der Waals surface area contributed by atoms with Crippen molar-refractivity contribution in [2.24, 2.45) is 5.92 Å². The van der Waals surface area contributed by atoms with E-state index in [2.05, 4.69) is 20.4 Å². The van der Waals surface area contributed by atoms with E-state index in [0.717, 1.165) is 43.9 Å². The number of carbonyl (C=O) groups excluding carboxylic acids is 1. The highest BCUT2D eigenvalue weighted by Gasteiger charge is 2.24. The fourth-order valence-corrected chi connectivity index (χ4v) is 4.96. The molecule has 0 unspecified atom stereocenters. The zero-order valence-electron chi connectivity index (χ0n) is 16.7. The summed E-state index contributed by atoms with van der Waals surface area (Å²) in [6.07, 6.45) is 4.16. The molecule has 4 rings (SSSR count). The second kappa shape index (κ2) is 9.53. The van der Waals surface area contributed by atoms with Gasteiger partial charge in [-0.2, -0.15) is 0 Å². The molecule has 0 radical (unpaired) electrons. The second-order valence-electron chi connectivity index (χ2n) is 7.88. The van der Waals surface area contributed by atoms with Crippen LogP contribution in [0.4, 0.5) is 10.3 Å². The molecule has 2 aromatic rings. The summed E-state index contributed by atoms with van der Waals surface area (Å²) in [7, 11) is 0. The molecule has 2 fully saturated rings. The van der Waals surface area contributed by atoms with Crippen molar-refractivity contribution in [2.75, 3.05) is 36.5 Å². The predicted octanol–water partition coefficient (Wildman–Crippen LogP) is 3.38. The van der Waals surface area contributed by atoms with Crippen LogP contribution in [0.5, 0.6) is 0 Å². The van der Waals surface area contributed by atoms with Crippen molar-refractivity contribution in [3.63, 3.8) is 0 Å². The lowest BCUT2D eigenvalue weighted by molar-refractivity contribution is -0.138. The Labute approximate surface area is 179 Å². The number of aromatic nitrogens is 2. The lowest BCUT2D eigenvalue weighted by Gasteiger charge is -2.28. The number of rotatable bonds is 6. The fourth-order valence-electron chi connectivity index (χ4n) is 4.17. The summed E-state index contributed by atoms with van der Waals surface area (Å²) < 4.78 is 5.35. The van der Waals surface area contributed by atoms with Gasteiger partial charge in [0, 0.05) is 25.1 Å². The monoisotopic (exact) mass is 430 g/mol. The maximum absolute atomic E-state index is 12.6. The number of benzene rings is 1. The Bertz CT molecular complexity index is 871. The van der Waals surface area contributed by atoms with E-state index in [1.165, 1.54) is 16.9 Å². The molecule has 2 aliphatic rings. The van der Waals surface area contributed by atoms with Crippen LogP contribution in [0.25, 0.3) is 0 Å². The topological polar surface area (TPSA) is 105 Å². The Kier molecular flexibility index (Phi) is 6.59. The summed E-state index contributed by atoms with van der Waals surface area (Å²) in [4.78, 5) is 25.6. The average molecular weight is 431 g/mol. The molecule has 1 amide bonds. The van der Waals surface area contributed by atoms with Crippen molar-refractivity contribution >= 4 is 33.5 Å². The number of ether oxygens (including phenoxy) is 1. The van der Waals surface area contributed by atoms with Crippen LogP contribution in [-0.4, -0.2) is 53.5 Å². The van der Waals surface area contributed by atoms with Crippen LogP contribution in [0.1, 0.15) is 53.9 Å². The third-order valence-corrected chi connectivity index (χ3v) is 6.77. The predicted molar refractivity (Wildman–Crippen MR) is 114 cm³/mol. The molecule has 30 heavy (non-hydrogen) atoms. The highest BCUT2D eigenvalue weighted by Crippen LogP contribution is 2.37. The zero-order chi connectivity index (χ0) is 20.9. The van der Waals surface area contributed by atoms with Crippen LogP contribution in [0.15, 0.2) is 24.3 Å². The number of hydrogen-bond acceptors (Lipinski definition) is 7. The van der Waals surface area contributed by atoms with Crippen LogP contribution in [0.3, 0.4) is 0 Å². The van der Waals surface area contributed by atoms with Gasteiger partial charge >= 0.3 is 5.97 Å². The van der Waals surface area contributed by atoms with E-state index >= 15 is 0 Å². The van der Waals surface area contributed by atoms with Gasteiger partial charge in [-0.25, -0.2) is 0 Å². The molecule has 1 aromatic heterocycles. The highest BCUT2D eigenvalue weighted by atomic mass is 32.1. The molecule has 2 N–H and O–H groups in total. The standard InChI is InChI=1S/C21H26N4O4S/c26-18(27)13-14-1-3-15(4-2-14)16-5-7-17(8-6-16)19(28)22-20-23-24-21(30-20)25-9-11-29-12-10-25/h5-8,14-15H,1-4,9-13H2,(H,26,27)(H,22,23,28). The normalized spacial score (nSPS) is 21.9. The largest absolute Gasteiger partial charge is 0.481 e. The number of morpholine rings is 1. The van der Waals surface area contributed by atoms with Crippen LogP contribution in [0, 0.1) is 5.92 Å². The Morgan fingerprint density at radius 1 is 1.10 bits per heavy atom. The Morgan fingerprint density at radius 3 is 2.47 bits per heavy atom. The number of nitrogens with one attached hydrogen (secondary N) is 1. The van der Waals surface area contributed by atoms with Crippen molar-refractivity contribution in [2.45, 2.75) is 38.0 Å². The van der Waals surface area contributed by atoms with Crippen LogP contribution in [0.2, 0.25) is 0 Å². The molecule has 160 valence electrons. The molecular formula is C21H26N4O4S. The molecule has 1 saturated carbocycles. The van der Waals surface area contributed by atoms with Crippen LogP contribution < -0.4 is 10.2 Å². The van der Waals surface area contributed by atoms with Gasteiger partial charge in [0.15, 0.2) is 0 Å². The first kappa shape index (κ1) is 20.7. The van der Waals surface area contributed by atoms with Gasteiger partial charge in [-0.3, -0.25) is 14.9 Å². The Hall–Kier alpha value is -2.52. The molecule has 8 nitrogen and oxygen atoms in total. The van der Waals surface area contributed by atoms with E-state index in [9.17, 15) is 9.59 Å². The first-order valence-corrected chi connectivity index (χ1v) is 11.2. The van der Waals surface area contributed by atoms with E-state index < -0.39 is 5.97 Å². The molecular weight excluding hydrogens is 404 g/mol. The van der Waals surface area contributed by atoms with Crippen molar-refractivity contribution in [3.05, 3.63) is 35.4 Å². The lowest BCUT2D eigenvalue weighted by Crippen LogP contribution is -2.36. The van der Waals surface area contributed by atoms with E-state index in [1.54, 1.807) is 0 Å². The van der Waals surface area contributed by atoms with Crippen molar-refractivity contribution in [1.29, 1.82) is 0 Å². The minimum atomic E-state index is -0.707. The number of carboxylic acids is 1. The SMILES string of the molecule is O=C(O)CC1CCC(c2ccc(C(=O)Nc3nnc(N4CCOCC4)s3)cc2)CC1. The Morgan fingerprint density at radius 2 is 1.80 bits per heavy atom. The summed E-state index contributed by atoms with van der Waals surface area (Å²) >= 11 is 1.37. The average Bonchev–Trinajstić information content (AvgIpc) is 3.23. The minimum absolute atomic E-state index is 0.198. The number of hydrogen-bond donors (Lipinski definition) is 2. The molecule has 9 heteroatoms. The van der Waals surface area contributed by atoms with Gasteiger partial charge < -0.3 is 14.7 Å². The lowest BCUT2D eigenvalue weighted by atomic mass is 9.77. The third-order valence-electron chi connectivity index (χ3n) is 5.87. The molecule has 2 heterocycles. The maximum Gasteiger partial charge on any atom is 0.303 e. The quantitative estimate of drug-likeness (QED) is 0.724. The smallest absolute Gasteiger partial charge is 0.303 e. The number of carboxylic acid groups (broad SMARTS) is 1. The van der Waals surface area contributed by atoms with Crippen molar-refractivity contribution in [3.8, 4) is 0 Å². The number of aliphatic carboxylic acids is 1. The molecule has 0 spiro atoms. The van der Waals surface area contributed by atoms with Gasteiger partial charge in [-0.05, 0) is 55.2 Å². The van der Waals surface area contributed by atoms with Crippen molar-refractivity contribution in [1.82, 2.24) is 10.2 Å². The van der Waals surface area contributed by atoms with Gasteiger partial charge in [-0.15, -0.1) is 10.2 Å². The van der Waals surface area contributed by atoms with Gasteiger partial charge in [0.2, 0.25) is 10.3 Å². The minimum Gasteiger partial charge on any atom is -0.481 e. The first-order valence-electron chi connectivity index (χ1n) is 10.4. The highest BCUT2D eigenvalue weighted by molar-refractivity contribution is 7.19. The molecule has 1 aromatic carbocycles. The third kappa shape index (κ3) is 5.14. The summed E-state index contributed by atoms with van der Waals surface area (Å²) in [5.41, 5.74) is 1.80. The Balaban J connectivity index is 1.31. The molecule has 0 bridgehead atoms. The summed E-state index contributed by atoms with van der Waals surface area (Å²) in [6.45, 7) is 2.91. The molecule has 0 atom stereocenters. The van der Waals surface area contributed by atoms with Gasteiger partial charge in [0.25, 0.3) is 5.91 Å². The summed E-state index contributed by atoms with van der Waals surface area (Å²) in [6, 6.07) is 7.71. The van der Waals surface area contributed by atoms with E-state index in [0.29, 0.717) is 29.8 Å². The van der Waals surface area contributed by atoms with Crippen molar-refractivity contribution < 1.29 is 19.4 Å². The summed E-state index contributed by atoms with van der Waals surface area (Å²) in [5.74, 6) is -0.179. The van der Waals surface area contributed by atoms with E-state index in [-0.39, 0.29) is 18.2 Å². The van der Waals surface area contributed by atoms with Gasteiger partial charge in [-0.1, -0.05) is 23.5 Å². The maximum atomic E-state index is 12.6. The van der Waals surface area contributed by atoms with E-state index in [4.69, 9.17) is 9.84 Å². The molecule has 1 aliphatic carbocycles. The van der Waals surface area contributed by atoms with Gasteiger partial charge in [0.1, 0.15) is 0 Å². The number of amides is 1. The van der Waals surface area contributed by atoms with Gasteiger partial charge in [0.05, 0.1) is 13.2 Å². The first-order chi connectivity index (χ1) is 14.6. The van der Waals surface area contributed by atoms with Crippen LogP contribution >= 0.6 is 11.3 Å². The number of nitrogens with zero attached hydrogens (tertiary/aromatic N) is 3.